The normalized spacial score (nSPS) is 11.6. The van der Waals surface area contributed by atoms with Crippen molar-refractivity contribution in [2.24, 2.45) is 10.2 Å². The van der Waals surface area contributed by atoms with E-state index in [1.54, 1.807) is 19.2 Å². The van der Waals surface area contributed by atoms with Crippen LogP contribution in [0.1, 0.15) is 5.82 Å². The molecule has 0 aliphatic carbocycles. The average molecular weight is 275 g/mol. The number of azo groups is 1. The van der Waals surface area contributed by atoms with Gasteiger partial charge < -0.3 is 15.2 Å². The zero-order chi connectivity index (χ0) is 13.4. The third-order valence-electron chi connectivity index (χ3n) is 2.53. The highest BCUT2D eigenvalue weighted by Gasteiger charge is 2.13. The van der Waals surface area contributed by atoms with E-state index in [9.17, 15) is 10.2 Å². The molecule has 0 amide bonds. The smallest absolute Gasteiger partial charge is 0.249 e. The Balaban J connectivity index is 2.11. The number of aromatic amines is 1. The number of rotatable bonds is 2. The molecule has 0 saturated carbocycles. The van der Waals surface area contributed by atoms with E-state index in [0.717, 1.165) is 11.5 Å². The highest BCUT2D eigenvalue weighted by Crippen LogP contribution is 2.42. The Labute approximate surface area is 111 Å². The molecule has 0 saturated heterocycles. The second-order valence-corrected chi connectivity index (χ2v) is 4.59. The van der Waals surface area contributed by atoms with Gasteiger partial charge in [0, 0.05) is 29.2 Å². The summed E-state index contributed by atoms with van der Waals surface area (Å²) in [7, 11) is 0. The van der Waals surface area contributed by atoms with E-state index >= 15 is 0 Å². The molecular formula is C11H9N5O2S. The number of hydrogen-bond acceptors (Lipinski definition) is 7. The van der Waals surface area contributed by atoms with Crippen LogP contribution in [-0.2, 0) is 0 Å². The summed E-state index contributed by atoms with van der Waals surface area (Å²) >= 11 is 1.11. The maximum atomic E-state index is 9.85. The number of benzene rings is 1. The molecule has 0 fully saturated rings. The fraction of sp³-hybridized carbons (Fsp3) is 0.0909. The van der Waals surface area contributed by atoms with Crippen molar-refractivity contribution in [3.63, 3.8) is 0 Å². The monoisotopic (exact) mass is 275 g/mol. The molecule has 19 heavy (non-hydrogen) atoms. The van der Waals surface area contributed by atoms with Crippen molar-refractivity contribution in [1.82, 2.24) is 14.3 Å². The summed E-state index contributed by atoms with van der Waals surface area (Å²) in [6.07, 6.45) is 1.69. The van der Waals surface area contributed by atoms with E-state index in [1.165, 1.54) is 6.07 Å². The number of fused-ring (bicyclic) bond motifs is 1. The lowest BCUT2D eigenvalue weighted by atomic mass is 10.2. The molecule has 3 aromatic rings. The number of H-pyrrole nitrogens is 1. The summed E-state index contributed by atoms with van der Waals surface area (Å²) in [5, 5.41) is 28.4. The van der Waals surface area contributed by atoms with Gasteiger partial charge in [0.1, 0.15) is 11.5 Å². The van der Waals surface area contributed by atoms with E-state index in [0.29, 0.717) is 21.9 Å². The number of aromatic nitrogens is 3. The number of nitrogens with zero attached hydrogens (tertiary/aromatic N) is 4. The predicted molar refractivity (Wildman–Crippen MR) is 70.5 cm³/mol. The van der Waals surface area contributed by atoms with Crippen LogP contribution in [0.5, 0.6) is 11.5 Å². The summed E-state index contributed by atoms with van der Waals surface area (Å²) in [6.45, 7) is 1.76. The maximum Gasteiger partial charge on any atom is 0.249 e. The lowest BCUT2D eigenvalue weighted by molar-refractivity contribution is 0.405. The third kappa shape index (κ3) is 2.02. The zero-order valence-electron chi connectivity index (χ0n) is 9.82. The van der Waals surface area contributed by atoms with Crippen molar-refractivity contribution in [3.05, 3.63) is 24.2 Å². The highest BCUT2D eigenvalue weighted by molar-refractivity contribution is 7.09. The van der Waals surface area contributed by atoms with Crippen molar-refractivity contribution >= 4 is 33.3 Å². The largest absolute Gasteiger partial charge is 0.504 e. The SMILES string of the molecule is Cc1nsc(N=Nc2c(O)c(O)cc3[nH]ccc23)n1. The van der Waals surface area contributed by atoms with Gasteiger partial charge in [-0.05, 0) is 13.0 Å². The topological polar surface area (TPSA) is 107 Å². The van der Waals surface area contributed by atoms with Crippen LogP contribution in [0.25, 0.3) is 10.9 Å². The molecule has 0 aliphatic rings. The molecule has 3 N–H and O–H groups in total. The summed E-state index contributed by atoms with van der Waals surface area (Å²) in [6, 6.07) is 3.17. The van der Waals surface area contributed by atoms with Crippen LogP contribution in [0, 0.1) is 6.92 Å². The van der Waals surface area contributed by atoms with Crippen molar-refractivity contribution in [2.45, 2.75) is 6.92 Å². The lowest BCUT2D eigenvalue weighted by Gasteiger charge is -2.02. The van der Waals surface area contributed by atoms with Gasteiger partial charge in [0.05, 0.1) is 5.52 Å². The van der Waals surface area contributed by atoms with Crippen molar-refractivity contribution in [3.8, 4) is 11.5 Å². The van der Waals surface area contributed by atoms with E-state index in [4.69, 9.17) is 0 Å². The Hall–Kier alpha value is -2.48. The Morgan fingerprint density at radius 1 is 1.32 bits per heavy atom. The van der Waals surface area contributed by atoms with Crippen LogP contribution in [0.2, 0.25) is 0 Å². The van der Waals surface area contributed by atoms with Crippen LogP contribution in [0.15, 0.2) is 28.6 Å². The number of nitrogens with one attached hydrogen (secondary N) is 1. The molecule has 0 aliphatic heterocycles. The van der Waals surface area contributed by atoms with Crippen LogP contribution in [0.4, 0.5) is 10.8 Å². The molecule has 96 valence electrons. The molecule has 1 aromatic carbocycles. The molecule has 8 heteroatoms. The summed E-state index contributed by atoms with van der Waals surface area (Å²) < 4.78 is 3.98. The first-order valence-electron chi connectivity index (χ1n) is 5.39. The molecule has 2 aromatic heterocycles. The number of hydrogen-bond donors (Lipinski definition) is 3. The van der Waals surface area contributed by atoms with E-state index in [1.807, 2.05) is 0 Å². The fourth-order valence-corrected chi connectivity index (χ4v) is 2.19. The fourth-order valence-electron chi connectivity index (χ4n) is 1.68. The van der Waals surface area contributed by atoms with Gasteiger partial charge in [0.2, 0.25) is 5.13 Å². The van der Waals surface area contributed by atoms with Gasteiger partial charge in [-0.25, -0.2) is 4.98 Å². The van der Waals surface area contributed by atoms with Gasteiger partial charge in [0.15, 0.2) is 11.5 Å². The minimum atomic E-state index is -0.308. The van der Waals surface area contributed by atoms with E-state index in [-0.39, 0.29) is 17.2 Å². The molecule has 0 spiro atoms. The maximum absolute atomic E-state index is 9.85. The van der Waals surface area contributed by atoms with Gasteiger partial charge in [-0.1, -0.05) is 0 Å². The van der Waals surface area contributed by atoms with Gasteiger partial charge in [-0.15, -0.1) is 10.2 Å². The van der Waals surface area contributed by atoms with Gasteiger partial charge in [0.25, 0.3) is 0 Å². The molecule has 2 heterocycles. The zero-order valence-corrected chi connectivity index (χ0v) is 10.6. The Bertz CT molecular complexity index is 777. The summed E-state index contributed by atoms with van der Waals surface area (Å²) in [5.74, 6) is 0.0558. The van der Waals surface area contributed by atoms with Crippen LogP contribution < -0.4 is 0 Å². The lowest BCUT2D eigenvalue weighted by Crippen LogP contribution is -1.74. The second kappa shape index (κ2) is 4.32. The molecule has 0 unspecified atom stereocenters. The Kier molecular flexibility index (Phi) is 2.64. The van der Waals surface area contributed by atoms with Crippen molar-refractivity contribution < 1.29 is 10.2 Å². The Morgan fingerprint density at radius 3 is 2.89 bits per heavy atom. The molecule has 0 radical (unpaired) electrons. The average Bonchev–Trinajstić information content (AvgIpc) is 2.99. The number of phenols is 2. The first-order chi connectivity index (χ1) is 9.15. The van der Waals surface area contributed by atoms with Crippen molar-refractivity contribution in [1.29, 1.82) is 0 Å². The number of phenolic OH excluding ortho intramolecular Hbond substituents is 2. The molecule has 3 rings (SSSR count). The summed E-state index contributed by atoms with van der Waals surface area (Å²) in [4.78, 5) is 6.97. The molecule has 0 bridgehead atoms. The minimum absolute atomic E-state index is 0.198. The van der Waals surface area contributed by atoms with Crippen LogP contribution in [0.3, 0.4) is 0 Å². The summed E-state index contributed by atoms with van der Waals surface area (Å²) in [5.41, 5.74) is 0.863. The molecule has 7 nitrogen and oxygen atoms in total. The van der Waals surface area contributed by atoms with Crippen LogP contribution in [-0.4, -0.2) is 24.6 Å². The Morgan fingerprint density at radius 2 is 2.16 bits per heavy atom. The van der Waals surface area contributed by atoms with Gasteiger partial charge >= 0.3 is 0 Å². The first-order valence-corrected chi connectivity index (χ1v) is 6.16. The predicted octanol–water partition coefficient (Wildman–Crippen LogP) is 3.15. The van der Waals surface area contributed by atoms with Crippen LogP contribution >= 0.6 is 11.5 Å². The minimum Gasteiger partial charge on any atom is -0.504 e. The highest BCUT2D eigenvalue weighted by atomic mass is 32.1. The quantitative estimate of drug-likeness (QED) is 0.493. The van der Waals surface area contributed by atoms with Gasteiger partial charge in [-0.2, -0.15) is 4.37 Å². The standard InChI is InChI=1S/C11H9N5O2S/c1-5-13-11(19-16-5)15-14-9-6-2-3-12-7(6)4-8(17)10(9)18/h2-4,12,17-18H,1H3. The number of aryl methyl sites for hydroxylation is 1. The molecule has 0 atom stereocenters. The second-order valence-electron chi connectivity index (χ2n) is 3.86. The third-order valence-corrected chi connectivity index (χ3v) is 3.23. The number of aromatic hydroxyl groups is 2. The van der Waals surface area contributed by atoms with Gasteiger partial charge in [-0.3, -0.25) is 0 Å². The van der Waals surface area contributed by atoms with E-state index < -0.39 is 0 Å². The van der Waals surface area contributed by atoms with E-state index in [2.05, 4.69) is 24.6 Å². The first kappa shape index (κ1) is 11.6. The molecular weight excluding hydrogens is 266 g/mol. The van der Waals surface area contributed by atoms with Crippen molar-refractivity contribution in [2.75, 3.05) is 0 Å².